The van der Waals surface area contributed by atoms with Crippen molar-refractivity contribution in [2.75, 3.05) is 5.32 Å². The van der Waals surface area contributed by atoms with Crippen LogP contribution in [0.2, 0.25) is 0 Å². The first-order chi connectivity index (χ1) is 11.7. The maximum Gasteiger partial charge on any atom is 0.416 e. The number of carbonyl (C=O) groups excluding carboxylic acids is 1. The molecule has 134 valence electrons. The number of halogens is 3. The Morgan fingerprint density at radius 1 is 1.12 bits per heavy atom. The number of anilines is 1. The van der Waals surface area contributed by atoms with Crippen LogP contribution in [0.15, 0.2) is 42.5 Å². The van der Waals surface area contributed by atoms with E-state index in [-0.39, 0.29) is 5.69 Å². The average Bonchev–Trinajstić information content (AvgIpc) is 2.55. The molecule has 0 aliphatic heterocycles. The lowest BCUT2D eigenvalue weighted by Gasteiger charge is -2.18. The van der Waals surface area contributed by atoms with Crippen molar-refractivity contribution in [1.82, 2.24) is 0 Å². The van der Waals surface area contributed by atoms with Gasteiger partial charge in [-0.15, -0.1) is 0 Å². The van der Waals surface area contributed by atoms with Crippen LogP contribution in [0.1, 0.15) is 30.0 Å². The fraction of sp³-hybridized carbons (Fsp3) is 0.316. The van der Waals surface area contributed by atoms with E-state index in [2.05, 4.69) is 5.32 Å². The molecule has 1 atom stereocenters. The van der Waals surface area contributed by atoms with E-state index >= 15 is 0 Å². The number of amides is 1. The summed E-state index contributed by atoms with van der Waals surface area (Å²) in [6.45, 7) is 5.68. The number of carbonyl (C=O) groups is 1. The Morgan fingerprint density at radius 2 is 1.84 bits per heavy atom. The molecule has 1 amide bonds. The molecule has 0 unspecified atom stereocenters. The van der Waals surface area contributed by atoms with Crippen LogP contribution in [0.3, 0.4) is 0 Å². The molecule has 0 aromatic heterocycles. The van der Waals surface area contributed by atoms with E-state index in [1.165, 1.54) is 12.1 Å². The third-order valence-electron chi connectivity index (χ3n) is 3.88. The SMILES string of the molecule is CC[C@@H](Oc1ccc(C)c(C)c1)C(=O)Nc1cccc(C(F)(F)F)c1. The molecule has 2 aromatic carbocycles. The molecule has 0 aliphatic rings. The van der Waals surface area contributed by atoms with Crippen molar-refractivity contribution in [2.24, 2.45) is 0 Å². The van der Waals surface area contributed by atoms with Gasteiger partial charge in [0, 0.05) is 5.69 Å². The summed E-state index contributed by atoms with van der Waals surface area (Å²) < 4.78 is 43.9. The maximum atomic E-state index is 12.8. The Hall–Kier alpha value is -2.50. The molecule has 25 heavy (non-hydrogen) atoms. The molecule has 6 heteroatoms. The summed E-state index contributed by atoms with van der Waals surface area (Å²) in [7, 11) is 0. The van der Waals surface area contributed by atoms with Gasteiger partial charge in [-0.1, -0.05) is 19.1 Å². The highest BCUT2D eigenvalue weighted by atomic mass is 19.4. The zero-order chi connectivity index (χ0) is 18.6. The van der Waals surface area contributed by atoms with E-state index in [4.69, 9.17) is 4.74 Å². The minimum absolute atomic E-state index is 0.0851. The number of alkyl halides is 3. The van der Waals surface area contributed by atoms with Gasteiger partial charge in [0.1, 0.15) is 5.75 Å². The van der Waals surface area contributed by atoms with Gasteiger partial charge in [0.2, 0.25) is 0 Å². The lowest BCUT2D eigenvalue weighted by molar-refractivity contribution is -0.137. The first-order valence-corrected chi connectivity index (χ1v) is 7.92. The Kier molecular flexibility index (Phi) is 5.72. The molecular formula is C19H20F3NO2. The predicted molar refractivity (Wildman–Crippen MR) is 90.7 cm³/mol. The number of hydrogen-bond acceptors (Lipinski definition) is 2. The van der Waals surface area contributed by atoms with E-state index in [1.54, 1.807) is 13.0 Å². The average molecular weight is 351 g/mol. The molecule has 2 aromatic rings. The van der Waals surface area contributed by atoms with Crippen LogP contribution < -0.4 is 10.1 Å². The molecule has 0 bridgehead atoms. The minimum atomic E-state index is -4.46. The summed E-state index contributed by atoms with van der Waals surface area (Å²) in [5, 5.41) is 2.49. The Morgan fingerprint density at radius 3 is 2.44 bits per heavy atom. The number of rotatable bonds is 5. The molecule has 0 spiro atoms. The van der Waals surface area contributed by atoms with E-state index in [9.17, 15) is 18.0 Å². The molecule has 2 rings (SSSR count). The Labute approximate surface area is 144 Å². The highest BCUT2D eigenvalue weighted by Crippen LogP contribution is 2.30. The molecule has 1 N–H and O–H groups in total. The van der Waals surface area contributed by atoms with E-state index < -0.39 is 23.8 Å². The summed E-state index contributed by atoms with van der Waals surface area (Å²) in [4.78, 5) is 12.3. The van der Waals surface area contributed by atoms with Gasteiger partial charge < -0.3 is 10.1 Å². The van der Waals surface area contributed by atoms with Crippen molar-refractivity contribution >= 4 is 11.6 Å². The van der Waals surface area contributed by atoms with Crippen molar-refractivity contribution in [3.63, 3.8) is 0 Å². The molecule has 0 heterocycles. The fourth-order valence-corrected chi connectivity index (χ4v) is 2.27. The van der Waals surface area contributed by atoms with E-state index in [0.29, 0.717) is 12.2 Å². The van der Waals surface area contributed by atoms with Crippen LogP contribution in [0.4, 0.5) is 18.9 Å². The van der Waals surface area contributed by atoms with Crippen LogP contribution in [0, 0.1) is 13.8 Å². The topological polar surface area (TPSA) is 38.3 Å². The maximum absolute atomic E-state index is 12.8. The second-order valence-corrected chi connectivity index (χ2v) is 5.83. The summed E-state index contributed by atoms with van der Waals surface area (Å²) in [5.41, 5.74) is 1.41. The van der Waals surface area contributed by atoms with Gasteiger partial charge in [-0.2, -0.15) is 13.2 Å². The second-order valence-electron chi connectivity index (χ2n) is 5.83. The van der Waals surface area contributed by atoms with E-state index in [1.807, 2.05) is 26.0 Å². The second kappa shape index (κ2) is 7.59. The highest BCUT2D eigenvalue weighted by molar-refractivity contribution is 5.94. The molecule has 0 radical (unpaired) electrons. The standard InChI is InChI=1S/C19H20F3NO2/c1-4-17(25-16-9-8-12(2)13(3)10-16)18(24)23-15-7-5-6-14(11-15)19(20,21)22/h5-11,17H,4H2,1-3H3,(H,23,24)/t17-/m1/s1. The van der Waals surface area contributed by atoms with Crippen molar-refractivity contribution in [3.05, 3.63) is 59.2 Å². The van der Waals surface area contributed by atoms with Gasteiger partial charge in [0.15, 0.2) is 6.10 Å². The third kappa shape index (κ3) is 4.98. The van der Waals surface area contributed by atoms with Gasteiger partial charge in [-0.25, -0.2) is 0 Å². The van der Waals surface area contributed by atoms with Crippen LogP contribution in [-0.4, -0.2) is 12.0 Å². The summed E-state index contributed by atoms with van der Waals surface area (Å²) in [5.74, 6) is 0.0641. The van der Waals surface area contributed by atoms with Gasteiger partial charge in [-0.05, 0) is 61.7 Å². The zero-order valence-electron chi connectivity index (χ0n) is 14.3. The van der Waals surface area contributed by atoms with Crippen molar-refractivity contribution in [3.8, 4) is 5.75 Å². The molecule has 0 aliphatic carbocycles. The van der Waals surface area contributed by atoms with Crippen LogP contribution >= 0.6 is 0 Å². The normalized spacial score (nSPS) is 12.6. The Balaban J connectivity index is 2.11. The third-order valence-corrected chi connectivity index (χ3v) is 3.88. The van der Waals surface area contributed by atoms with Crippen molar-refractivity contribution < 1.29 is 22.7 Å². The van der Waals surface area contributed by atoms with Gasteiger partial charge in [0.25, 0.3) is 5.91 Å². The van der Waals surface area contributed by atoms with E-state index in [0.717, 1.165) is 23.3 Å². The minimum Gasteiger partial charge on any atom is -0.481 e. The summed E-state index contributed by atoms with van der Waals surface area (Å²) >= 11 is 0. The zero-order valence-corrected chi connectivity index (χ0v) is 14.3. The van der Waals surface area contributed by atoms with Crippen molar-refractivity contribution in [1.29, 1.82) is 0 Å². The van der Waals surface area contributed by atoms with Crippen LogP contribution in [0.5, 0.6) is 5.75 Å². The van der Waals surface area contributed by atoms with Crippen LogP contribution in [-0.2, 0) is 11.0 Å². The monoisotopic (exact) mass is 351 g/mol. The Bertz CT molecular complexity index is 757. The lowest BCUT2D eigenvalue weighted by Crippen LogP contribution is -2.32. The molecule has 3 nitrogen and oxygen atoms in total. The summed E-state index contributed by atoms with van der Waals surface area (Å²) in [6, 6.07) is 10.0. The van der Waals surface area contributed by atoms with Crippen molar-refractivity contribution in [2.45, 2.75) is 39.5 Å². The number of ether oxygens (including phenoxy) is 1. The fourth-order valence-electron chi connectivity index (χ4n) is 2.27. The molecule has 0 fully saturated rings. The number of hydrogen-bond donors (Lipinski definition) is 1. The van der Waals surface area contributed by atoms with Gasteiger partial charge >= 0.3 is 6.18 Å². The first-order valence-electron chi connectivity index (χ1n) is 7.92. The number of aryl methyl sites for hydroxylation is 2. The summed E-state index contributed by atoms with van der Waals surface area (Å²) in [6.07, 6.45) is -4.87. The smallest absolute Gasteiger partial charge is 0.416 e. The largest absolute Gasteiger partial charge is 0.481 e. The quantitative estimate of drug-likeness (QED) is 0.812. The van der Waals surface area contributed by atoms with Crippen LogP contribution in [0.25, 0.3) is 0 Å². The number of nitrogens with one attached hydrogen (secondary N) is 1. The van der Waals surface area contributed by atoms with Gasteiger partial charge in [-0.3, -0.25) is 4.79 Å². The molecule has 0 saturated heterocycles. The molecule has 0 saturated carbocycles. The lowest BCUT2D eigenvalue weighted by atomic mass is 10.1. The predicted octanol–water partition coefficient (Wildman–Crippen LogP) is 5.12. The van der Waals surface area contributed by atoms with Gasteiger partial charge in [0.05, 0.1) is 5.56 Å². The first kappa shape index (κ1) is 18.8. The molecular weight excluding hydrogens is 331 g/mol. The number of benzene rings is 2. The highest BCUT2D eigenvalue weighted by Gasteiger charge is 2.30.